The van der Waals surface area contributed by atoms with Crippen LogP contribution in [0.1, 0.15) is 29.7 Å². The number of anilines is 1. The Morgan fingerprint density at radius 3 is 2.65 bits per heavy atom. The molecule has 0 aliphatic carbocycles. The number of nitrogen functional groups attached to an aromatic ring is 1. The number of benzene rings is 1. The maximum Gasteiger partial charge on any atom is 0.241 e. The molecule has 2 aromatic rings. The van der Waals surface area contributed by atoms with Gasteiger partial charge in [0.15, 0.2) is 0 Å². The second-order valence-electron chi connectivity index (χ2n) is 4.85. The number of nitrogens with one attached hydrogen (secondary N) is 2. The zero-order chi connectivity index (χ0) is 14.9. The fourth-order valence-electron chi connectivity index (χ4n) is 1.99. The highest BCUT2D eigenvalue weighted by Crippen LogP contribution is 2.24. The summed E-state index contributed by atoms with van der Waals surface area (Å²) in [7, 11) is -3.63. The third-order valence-electron chi connectivity index (χ3n) is 3.19. The van der Waals surface area contributed by atoms with Crippen LogP contribution in [0.2, 0.25) is 0 Å². The minimum atomic E-state index is -3.63. The van der Waals surface area contributed by atoms with Gasteiger partial charge in [-0.2, -0.15) is 5.10 Å². The number of aromatic amines is 1. The first kappa shape index (κ1) is 14.5. The Hall–Kier alpha value is -1.86. The number of hydrogen-bond acceptors (Lipinski definition) is 4. The molecular weight excluding hydrogens is 276 g/mol. The molecule has 6 nitrogen and oxygen atoms in total. The maximum atomic E-state index is 12.5. The fourth-order valence-corrected chi connectivity index (χ4v) is 3.58. The van der Waals surface area contributed by atoms with E-state index >= 15 is 0 Å². The van der Waals surface area contributed by atoms with Crippen LogP contribution < -0.4 is 10.5 Å². The summed E-state index contributed by atoms with van der Waals surface area (Å²) in [6.45, 7) is 5.27. The van der Waals surface area contributed by atoms with E-state index in [0.717, 1.165) is 11.1 Å². The molecule has 0 fully saturated rings. The van der Waals surface area contributed by atoms with Crippen molar-refractivity contribution in [1.29, 1.82) is 0 Å². The SMILES string of the molecule is Cc1cc(N)c(C)c(S(=O)(=O)NC(C)c2cn[nH]c2)c1. The highest BCUT2D eigenvalue weighted by atomic mass is 32.2. The van der Waals surface area contributed by atoms with Crippen LogP contribution in [0.5, 0.6) is 0 Å². The predicted octanol–water partition coefficient (Wildman–Crippen LogP) is 1.65. The standard InChI is InChI=1S/C13H18N4O2S/c1-8-4-12(14)9(2)13(5-8)20(18,19)17-10(3)11-6-15-16-7-11/h4-7,10,17H,14H2,1-3H3,(H,15,16). The number of nitrogens with two attached hydrogens (primary N) is 1. The summed E-state index contributed by atoms with van der Waals surface area (Å²) in [6, 6.07) is 3.00. The van der Waals surface area contributed by atoms with Gasteiger partial charge in [0.2, 0.25) is 10.0 Å². The number of aryl methyl sites for hydroxylation is 1. The first-order chi connectivity index (χ1) is 9.31. The fraction of sp³-hybridized carbons (Fsp3) is 0.308. The summed E-state index contributed by atoms with van der Waals surface area (Å²) in [5, 5.41) is 6.47. The van der Waals surface area contributed by atoms with E-state index in [1.165, 1.54) is 0 Å². The molecule has 1 aromatic heterocycles. The number of rotatable bonds is 4. The van der Waals surface area contributed by atoms with Crippen molar-refractivity contribution >= 4 is 15.7 Å². The second-order valence-corrected chi connectivity index (χ2v) is 6.53. The Bertz CT molecular complexity index is 708. The van der Waals surface area contributed by atoms with Gasteiger partial charge in [0.25, 0.3) is 0 Å². The van der Waals surface area contributed by atoms with Crippen molar-refractivity contribution in [2.45, 2.75) is 31.7 Å². The highest BCUT2D eigenvalue weighted by Gasteiger charge is 2.22. The number of H-pyrrole nitrogens is 1. The Morgan fingerprint density at radius 1 is 1.35 bits per heavy atom. The van der Waals surface area contributed by atoms with Gasteiger partial charge in [-0.3, -0.25) is 5.10 Å². The zero-order valence-electron chi connectivity index (χ0n) is 11.6. The summed E-state index contributed by atoms with van der Waals surface area (Å²) < 4.78 is 27.6. The Labute approximate surface area is 118 Å². The molecule has 0 amide bonds. The molecule has 108 valence electrons. The number of aromatic nitrogens is 2. The van der Waals surface area contributed by atoms with Crippen molar-refractivity contribution < 1.29 is 8.42 Å². The summed E-state index contributed by atoms with van der Waals surface area (Å²) in [4.78, 5) is 0.213. The van der Waals surface area contributed by atoms with Crippen molar-refractivity contribution in [3.05, 3.63) is 41.2 Å². The molecule has 1 atom stereocenters. The van der Waals surface area contributed by atoms with Gasteiger partial charge in [0.1, 0.15) is 0 Å². The van der Waals surface area contributed by atoms with E-state index < -0.39 is 10.0 Å². The third kappa shape index (κ3) is 2.83. The number of nitrogens with zero attached hydrogens (tertiary/aromatic N) is 1. The topological polar surface area (TPSA) is 101 Å². The zero-order valence-corrected chi connectivity index (χ0v) is 12.5. The van der Waals surface area contributed by atoms with Crippen molar-refractivity contribution in [3.8, 4) is 0 Å². The van der Waals surface area contributed by atoms with E-state index in [-0.39, 0.29) is 10.9 Å². The lowest BCUT2D eigenvalue weighted by Crippen LogP contribution is -2.27. The van der Waals surface area contributed by atoms with Crippen molar-refractivity contribution in [1.82, 2.24) is 14.9 Å². The monoisotopic (exact) mass is 294 g/mol. The minimum Gasteiger partial charge on any atom is -0.398 e. The van der Waals surface area contributed by atoms with E-state index in [0.29, 0.717) is 11.3 Å². The van der Waals surface area contributed by atoms with Crippen molar-refractivity contribution in [2.24, 2.45) is 0 Å². The van der Waals surface area contributed by atoms with E-state index in [9.17, 15) is 8.42 Å². The van der Waals surface area contributed by atoms with Crippen LogP contribution in [0.3, 0.4) is 0 Å². The summed E-state index contributed by atoms with van der Waals surface area (Å²) in [6.07, 6.45) is 3.25. The Kier molecular flexibility index (Phi) is 3.82. The van der Waals surface area contributed by atoms with Crippen molar-refractivity contribution in [2.75, 3.05) is 5.73 Å². The average Bonchev–Trinajstić information content (AvgIpc) is 2.86. The van der Waals surface area contributed by atoms with Gasteiger partial charge in [0.05, 0.1) is 11.1 Å². The van der Waals surface area contributed by atoms with Gasteiger partial charge >= 0.3 is 0 Å². The largest absolute Gasteiger partial charge is 0.398 e. The molecule has 1 aromatic carbocycles. The Morgan fingerprint density at radius 2 is 2.05 bits per heavy atom. The first-order valence-corrected chi connectivity index (χ1v) is 7.67. The van der Waals surface area contributed by atoms with Crippen LogP contribution in [0.15, 0.2) is 29.4 Å². The molecule has 0 aliphatic heterocycles. The van der Waals surface area contributed by atoms with Crippen LogP contribution in [-0.2, 0) is 10.0 Å². The molecule has 4 N–H and O–H groups in total. The quantitative estimate of drug-likeness (QED) is 0.746. The molecular formula is C13H18N4O2S. The lowest BCUT2D eigenvalue weighted by atomic mass is 10.1. The van der Waals surface area contributed by atoms with E-state index in [1.807, 2.05) is 6.92 Å². The highest BCUT2D eigenvalue weighted by molar-refractivity contribution is 7.89. The van der Waals surface area contributed by atoms with Crippen molar-refractivity contribution in [3.63, 3.8) is 0 Å². The summed E-state index contributed by atoms with van der Waals surface area (Å²) in [5.41, 5.74) is 8.45. The van der Waals surface area contributed by atoms with Gasteiger partial charge < -0.3 is 5.73 Å². The van der Waals surface area contributed by atoms with E-state index in [4.69, 9.17) is 5.73 Å². The molecule has 20 heavy (non-hydrogen) atoms. The van der Waals surface area contributed by atoms with Gasteiger partial charge in [-0.15, -0.1) is 0 Å². The molecule has 7 heteroatoms. The van der Waals surface area contributed by atoms with Gasteiger partial charge in [-0.25, -0.2) is 13.1 Å². The molecule has 2 rings (SSSR count). The summed E-state index contributed by atoms with van der Waals surface area (Å²) >= 11 is 0. The lowest BCUT2D eigenvalue weighted by Gasteiger charge is -2.15. The molecule has 0 spiro atoms. The number of sulfonamides is 1. The summed E-state index contributed by atoms with van der Waals surface area (Å²) in [5.74, 6) is 0. The molecule has 1 unspecified atom stereocenters. The third-order valence-corrected chi connectivity index (χ3v) is 4.85. The average molecular weight is 294 g/mol. The van der Waals surface area contributed by atoms with Gasteiger partial charge in [-0.1, -0.05) is 0 Å². The van der Waals surface area contributed by atoms with E-state index in [2.05, 4.69) is 14.9 Å². The number of hydrogen-bond donors (Lipinski definition) is 3. The van der Waals surface area contributed by atoms with Crippen LogP contribution in [0.25, 0.3) is 0 Å². The second kappa shape index (κ2) is 5.26. The molecule has 0 saturated carbocycles. The van der Waals surface area contributed by atoms with Crippen LogP contribution in [0.4, 0.5) is 5.69 Å². The molecule has 0 saturated heterocycles. The van der Waals surface area contributed by atoms with Gasteiger partial charge in [0, 0.05) is 23.5 Å². The molecule has 0 bridgehead atoms. The Balaban J connectivity index is 2.36. The first-order valence-electron chi connectivity index (χ1n) is 6.19. The minimum absolute atomic E-state index is 0.213. The van der Waals surface area contributed by atoms with Crippen LogP contribution >= 0.6 is 0 Å². The molecule has 1 heterocycles. The van der Waals surface area contributed by atoms with Crippen LogP contribution in [0, 0.1) is 13.8 Å². The van der Waals surface area contributed by atoms with Gasteiger partial charge in [-0.05, 0) is 44.0 Å². The normalized spacial score (nSPS) is 13.3. The smallest absolute Gasteiger partial charge is 0.241 e. The van der Waals surface area contributed by atoms with E-state index in [1.54, 1.807) is 38.4 Å². The molecule has 0 radical (unpaired) electrons. The molecule has 0 aliphatic rings. The maximum absolute atomic E-state index is 12.5. The van der Waals surface area contributed by atoms with Crippen LogP contribution in [-0.4, -0.2) is 18.6 Å². The predicted molar refractivity (Wildman–Crippen MR) is 77.7 cm³/mol. The lowest BCUT2D eigenvalue weighted by molar-refractivity contribution is 0.566.